The summed E-state index contributed by atoms with van der Waals surface area (Å²) in [5.41, 5.74) is 0. The van der Waals surface area contributed by atoms with Gasteiger partial charge in [-0.2, -0.15) is 4.98 Å². The molecule has 17 heavy (non-hydrogen) atoms. The van der Waals surface area contributed by atoms with Crippen LogP contribution in [0.2, 0.25) is 0 Å². The third kappa shape index (κ3) is 5.02. The summed E-state index contributed by atoms with van der Waals surface area (Å²) < 4.78 is 5.57. The van der Waals surface area contributed by atoms with E-state index in [1.165, 1.54) is 0 Å². The molecule has 0 aromatic carbocycles. The summed E-state index contributed by atoms with van der Waals surface area (Å²) in [6.45, 7) is 10.0. The highest BCUT2D eigenvalue weighted by Crippen LogP contribution is 2.15. The van der Waals surface area contributed by atoms with Gasteiger partial charge < -0.3 is 10.1 Å². The Bertz CT molecular complexity index is 339. The van der Waals surface area contributed by atoms with Crippen LogP contribution in [0.15, 0.2) is 6.07 Å². The average molecular weight is 237 g/mol. The van der Waals surface area contributed by atoms with E-state index in [-0.39, 0.29) is 0 Å². The van der Waals surface area contributed by atoms with Crippen molar-refractivity contribution in [2.45, 2.75) is 40.5 Å². The van der Waals surface area contributed by atoms with Crippen LogP contribution in [0.4, 0.5) is 5.82 Å². The van der Waals surface area contributed by atoms with Gasteiger partial charge in [0, 0.05) is 19.0 Å². The maximum atomic E-state index is 5.57. The number of ether oxygens (including phenoxy) is 1. The normalized spacial score (nSPS) is 10.6. The molecule has 0 spiro atoms. The quantitative estimate of drug-likeness (QED) is 0.792. The average Bonchev–Trinajstić information content (AvgIpc) is 2.25. The fraction of sp³-hybridized carbons (Fsp3) is 0.692. The van der Waals surface area contributed by atoms with E-state index in [0.29, 0.717) is 18.4 Å². The number of anilines is 1. The van der Waals surface area contributed by atoms with E-state index in [1.54, 1.807) is 0 Å². The van der Waals surface area contributed by atoms with E-state index in [2.05, 4.69) is 43.0 Å². The lowest BCUT2D eigenvalue weighted by Gasteiger charge is -2.10. The number of hydrogen-bond acceptors (Lipinski definition) is 4. The summed E-state index contributed by atoms with van der Waals surface area (Å²) in [5, 5.41) is 3.21. The van der Waals surface area contributed by atoms with Gasteiger partial charge in [0.2, 0.25) is 5.88 Å². The summed E-state index contributed by atoms with van der Waals surface area (Å²) in [4.78, 5) is 8.89. The van der Waals surface area contributed by atoms with E-state index >= 15 is 0 Å². The van der Waals surface area contributed by atoms with Gasteiger partial charge in [-0.05, 0) is 19.3 Å². The van der Waals surface area contributed by atoms with Gasteiger partial charge in [0.15, 0.2) is 0 Å². The molecule has 1 N–H and O–H groups in total. The van der Waals surface area contributed by atoms with Crippen molar-refractivity contribution < 1.29 is 4.74 Å². The molecule has 0 amide bonds. The van der Waals surface area contributed by atoms with Crippen LogP contribution in [0.3, 0.4) is 0 Å². The molecule has 0 unspecified atom stereocenters. The molecular formula is C13H23N3O. The van der Waals surface area contributed by atoms with E-state index in [4.69, 9.17) is 4.74 Å². The highest BCUT2D eigenvalue weighted by molar-refractivity contribution is 5.38. The van der Waals surface area contributed by atoms with Crippen molar-refractivity contribution in [1.82, 2.24) is 9.97 Å². The Hall–Kier alpha value is -1.32. The molecule has 0 aliphatic rings. The van der Waals surface area contributed by atoms with Crippen molar-refractivity contribution in [3.8, 4) is 5.88 Å². The van der Waals surface area contributed by atoms with Crippen molar-refractivity contribution in [1.29, 1.82) is 0 Å². The Morgan fingerprint density at radius 1 is 1.29 bits per heavy atom. The van der Waals surface area contributed by atoms with Crippen LogP contribution < -0.4 is 10.1 Å². The first-order chi connectivity index (χ1) is 8.15. The first kappa shape index (κ1) is 13.7. The summed E-state index contributed by atoms with van der Waals surface area (Å²) in [6.07, 6.45) is 1.86. The van der Waals surface area contributed by atoms with Crippen LogP contribution in [-0.2, 0) is 6.42 Å². The minimum atomic E-state index is 0.547. The zero-order valence-electron chi connectivity index (χ0n) is 11.3. The predicted octanol–water partition coefficient (Wildman–Crippen LogP) is 2.90. The molecule has 1 aromatic heterocycles. The lowest BCUT2D eigenvalue weighted by atomic mass is 10.1. The van der Waals surface area contributed by atoms with Crippen molar-refractivity contribution in [3.63, 3.8) is 0 Å². The molecule has 1 aromatic rings. The highest BCUT2D eigenvalue weighted by atomic mass is 16.5. The van der Waals surface area contributed by atoms with Crippen LogP contribution in [0.5, 0.6) is 5.88 Å². The van der Waals surface area contributed by atoms with Crippen LogP contribution >= 0.6 is 0 Å². The Kier molecular flexibility index (Phi) is 5.73. The Balaban J connectivity index is 2.84. The Morgan fingerprint density at radius 2 is 2.06 bits per heavy atom. The minimum absolute atomic E-state index is 0.547. The number of nitrogens with one attached hydrogen (secondary N) is 1. The number of aromatic nitrogens is 2. The number of rotatable bonds is 7. The molecule has 0 radical (unpaired) electrons. The third-order valence-electron chi connectivity index (χ3n) is 2.15. The molecule has 4 nitrogen and oxygen atoms in total. The predicted molar refractivity (Wildman–Crippen MR) is 70.5 cm³/mol. The second-order valence-electron chi connectivity index (χ2n) is 4.48. The van der Waals surface area contributed by atoms with E-state index in [9.17, 15) is 0 Å². The fourth-order valence-corrected chi connectivity index (χ4v) is 1.48. The molecule has 4 heteroatoms. The number of nitrogens with zero attached hydrogens (tertiary/aromatic N) is 2. The zero-order valence-corrected chi connectivity index (χ0v) is 11.3. The highest BCUT2D eigenvalue weighted by Gasteiger charge is 2.07. The fourth-order valence-electron chi connectivity index (χ4n) is 1.48. The van der Waals surface area contributed by atoms with Crippen molar-refractivity contribution in [2.24, 2.45) is 5.92 Å². The van der Waals surface area contributed by atoms with Crippen LogP contribution in [0.1, 0.15) is 39.9 Å². The van der Waals surface area contributed by atoms with E-state index in [0.717, 1.165) is 31.0 Å². The lowest BCUT2D eigenvalue weighted by Crippen LogP contribution is -2.08. The maximum Gasteiger partial charge on any atom is 0.218 e. The van der Waals surface area contributed by atoms with Gasteiger partial charge in [-0.1, -0.05) is 20.8 Å². The van der Waals surface area contributed by atoms with E-state index in [1.807, 2.05) is 6.07 Å². The van der Waals surface area contributed by atoms with Crippen molar-refractivity contribution in [2.75, 3.05) is 18.5 Å². The smallest absolute Gasteiger partial charge is 0.218 e. The largest absolute Gasteiger partial charge is 0.478 e. The molecule has 0 atom stereocenters. The second kappa shape index (κ2) is 7.09. The molecule has 0 aliphatic carbocycles. The molecule has 0 bridgehead atoms. The van der Waals surface area contributed by atoms with Gasteiger partial charge >= 0.3 is 0 Å². The summed E-state index contributed by atoms with van der Waals surface area (Å²) in [5.74, 6) is 2.92. The molecular weight excluding hydrogens is 214 g/mol. The van der Waals surface area contributed by atoms with Gasteiger partial charge in [-0.25, -0.2) is 4.98 Å². The van der Waals surface area contributed by atoms with Crippen LogP contribution in [-0.4, -0.2) is 23.1 Å². The molecule has 0 aliphatic heterocycles. The Labute approximate surface area is 104 Å². The molecule has 0 saturated heterocycles. The molecule has 0 saturated carbocycles. The van der Waals surface area contributed by atoms with Crippen LogP contribution in [0.25, 0.3) is 0 Å². The van der Waals surface area contributed by atoms with Gasteiger partial charge in [0.1, 0.15) is 11.6 Å². The maximum absolute atomic E-state index is 5.57. The van der Waals surface area contributed by atoms with Gasteiger partial charge in [0.05, 0.1) is 6.61 Å². The van der Waals surface area contributed by atoms with Gasteiger partial charge in [-0.3, -0.25) is 0 Å². The van der Waals surface area contributed by atoms with Crippen LogP contribution in [0, 0.1) is 5.92 Å². The lowest BCUT2D eigenvalue weighted by molar-refractivity contribution is 0.303. The molecule has 96 valence electrons. The Morgan fingerprint density at radius 3 is 2.65 bits per heavy atom. The standard InChI is InChI=1S/C13H23N3O/c1-5-7-17-13-9-11(14-6-2)15-12(16-13)8-10(3)4/h9-10H,5-8H2,1-4H3,(H,14,15,16). The number of hydrogen-bond donors (Lipinski definition) is 1. The topological polar surface area (TPSA) is 47.0 Å². The molecule has 0 fully saturated rings. The second-order valence-corrected chi connectivity index (χ2v) is 4.48. The third-order valence-corrected chi connectivity index (χ3v) is 2.15. The van der Waals surface area contributed by atoms with Crippen molar-refractivity contribution >= 4 is 5.82 Å². The van der Waals surface area contributed by atoms with E-state index < -0.39 is 0 Å². The van der Waals surface area contributed by atoms with Gasteiger partial charge in [0.25, 0.3) is 0 Å². The van der Waals surface area contributed by atoms with Crippen molar-refractivity contribution in [3.05, 3.63) is 11.9 Å². The molecule has 1 heterocycles. The SMILES string of the molecule is CCCOc1cc(NCC)nc(CC(C)C)n1. The molecule has 1 rings (SSSR count). The monoisotopic (exact) mass is 237 g/mol. The summed E-state index contributed by atoms with van der Waals surface area (Å²) >= 11 is 0. The summed E-state index contributed by atoms with van der Waals surface area (Å²) in [7, 11) is 0. The minimum Gasteiger partial charge on any atom is -0.478 e. The summed E-state index contributed by atoms with van der Waals surface area (Å²) in [6, 6.07) is 1.86. The first-order valence-corrected chi connectivity index (χ1v) is 6.40. The first-order valence-electron chi connectivity index (χ1n) is 6.40. The zero-order chi connectivity index (χ0) is 12.7. The van der Waals surface area contributed by atoms with Gasteiger partial charge in [-0.15, -0.1) is 0 Å².